The van der Waals surface area contributed by atoms with Gasteiger partial charge in [0, 0.05) is 34.8 Å². The van der Waals surface area contributed by atoms with Gasteiger partial charge in [-0.2, -0.15) is 0 Å². The maximum atomic E-state index is 11.2. The highest BCUT2D eigenvalue weighted by atomic mass is 35.5. The van der Waals surface area contributed by atoms with Gasteiger partial charge in [0.15, 0.2) is 0 Å². The van der Waals surface area contributed by atoms with E-state index in [9.17, 15) is 4.79 Å². The lowest BCUT2D eigenvalue weighted by Crippen LogP contribution is -2.12. The van der Waals surface area contributed by atoms with Gasteiger partial charge in [0.25, 0.3) is 0 Å². The Morgan fingerprint density at radius 3 is 2.91 bits per heavy atom. The van der Waals surface area contributed by atoms with Crippen LogP contribution in [0.2, 0.25) is 5.02 Å². The first-order chi connectivity index (χ1) is 10.5. The van der Waals surface area contributed by atoms with E-state index in [-0.39, 0.29) is 0 Å². The van der Waals surface area contributed by atoms with Crippen molar-refractivity contribution in [2.75, 3.05) is 11.9 Å². The van der Waals surface area contributed by atoms with Crippen LogP contribution in [-0.2, 0) is 13.0 Å². The number of fused-ring (bicyclic) bond motifs is 1. The molecule has 0 saturated carbocycles. The zero-order valence-electron chi connectivity index (χ0n) is 12.3. The number of carbonyl (C=O) groups is 1. The normalized spacial score (nSPS) is 12.6. The van der Waals surface area contributed by atoms with Crippen LogP contribution in [0.5, 0.6) is 5.75 Å². The van der Waals surface area contributed by atoms with Gasteiger partial charge in [-0.1, -0.05) is 11.6 Å². The van der Waals surface area contributed by atoms with E-state index in [1.54, 1.807) is 6.07 Å². The van der Waals surface area contributed by atoms with Crippen LogP contribution in [0.15, 0.2) is 30.3 Å². The van der Waals surface area contributed by atoms with E-state index in [2.05, 4.69) is 5.32 Å². The second-order valence-electron chi connectivity index (χ2n) is 5.40. The summed E-state index contributed by atoms with van der Waals surface area (Å²) in [5.41, 5.74) is 9.83. The molecule has 0 aliphatic carbocycles. The average Bonchev–Trinajstić information content (AvgIpc) is 2.92. The van der Waals surface area contributed by atoms with Crippen molar-refractivity contribution >= 4 is 23.2 Å². The Kier molecular flexibility index (Phi) is 3.94. The zero-order valence-corrected chi connectivity index (χ0v) is 13.0. The zero-order chi connectivity index (χ0) is 15.7. The van der Waals surface area contributed by atoms with Crippen molar-refractivity contribution in [3.8, 4) is 5.75 Å². The molecule has 0 atom stereocenters. The Bertz CT molecular complexity index is 744. The van der Waals surface area contributed by atoms with Gasteiger partial charge in [-0.15, -0.1) is 0 Å². The fourth-order valence-electron chi connectivity index (χ4n) is 2.72. The summed E-state index contributed by atoms with van der Waals surface area (Å²) in [6.07, 6.45) is 0.898. The molecule has 0 bridgehead atoms. The van der Waals surface area contributed by atoms with E-state index in [0.717, 1.165) is 39.6 Å². The van der Waals surface area contributed by atoms with Gasteiger partial charge in [-0.25, -0.2) is 0 Å². The third-order valence-corrected chi connectivity index (χ3v) is 4.02. The van der Waals surface area contributed by atoms with Gasteiger partial charge in [-0.05, 0) is 48.4 Å². The van der Waals surface area contributed by atoms with Crippen LogP contribution in [0.1, 0.15) is 27.0 Å². The number of hydrogen-bond acceptors (Lipinski definition) is 3. The Morgan fingerprint density at radius 1 is 1.36 bits per heavy atom. The van der Waals surface area contributed by atoms with Crippen molar-refractivity contribution in [1.29, 1.82) is 0 Å². The molecule has 0 radical (unpaired) electrons. The Morgan fingerprint density at radius 2 is 2.18 bits per heavy atom. The van der Waals surface area contributed by atoms with Gasteiger partial charge in [0.1, 0.15) is 5.75 Å². The molecule has 2 aromatic rings. The van der Waals surface area contributed by atoms with Gasteiger partial charge in [0.05, 0.1) is 6.61 Å². The quantitative estimate of drug-likeness (QED) is 0.909. The van der Waals surface area contributed by atoms with Crippen molar-refractivity contribution in [1.82, 2.24) is 0 Å². The largest absolute Gasteiger partial charge is 0.493 e. The standard InChI is InChI=1S/C17H17ClN2O2/c1-10-6-14(2-3-15(10)17(19)21)20-9-12-8-13(18)7-11-4-5-22-16(11)12/h2-3,6-8,20H,4-5,9H2,1H3,(H2,19,21). The number of hydrogen-bond donors (Lipinski definition) is 2. The molecule has 0 saturated heterocycles. The Hall–Kier alpha value is -2.20. The summed E-state index contributed by atoms with van der Waals surface area (Å²) in [4.78, 5) is 11.2. The molecule has 1 aliphatic heterocycles. The first-order valence-corrected chi connectivity index (χ1v) is 7.51. The van der Waals surface area contributed by atoms with Crippen molar-refractivity contribution in [2.24, 2.45) is 5.73 Å². The van der Waals surface area contributed by atoms with Crippen LogP contribution < -0.4 is 15.8 Å². The lowest BCUT2D eigenvalue weighted by Gasteiger charge is -2.12. The topological polar surface area (TPSA) is 64.3 Å². The summed E-state index contributed by atoms with van der Waals surface area (Å²) in [5, 5.41) is 4.06. The summed E-state index contributed by atoms with van der Waals surface area (Å²) in [5.74, 6) is 0.521. The molecule has 1 amide bonds. The minimum absolute atomic E-state index is 0.412. The Labute approximate surface area is 134 Å². The van der Waals surface area contributed by atoms with Gasteiger partial charge < -0.3 is 15.8 Å². The van der Waals surface area contributed by atoms with Crippen molar-refractivity contribution in [3.05, 3.63) is 57.6 Å². The van der Waals surface area contributed by atoms with Crippen molar-refractivity contribution in [2.45, 2.75) is 19.9 Å². The third-order valence-electron chi connectivity index (χ3n) is 3.80. The van der Waals surface area contributed by atoms with E-state index in [0.29, 0.717) is 18.7 Å². The second kappa shape index (κ2) is 5.89. The lowest BCUT2D eigenvalue weighted by molar-refractivity contribution is 0.1000. The van der Waals surface area contributed by atoms with E-state index in [1.165, 1.54) is 0 Å². The monoisotopic (exact) mass is 316 g/mol. The predicted molar refractivity (Wildman–Crippen MR) is 87.7 cm³/mol. The van der Waals surface area contributed by atoms with E-state index in [4.69, 9.17) is 22.1 Å². The summed E-state index contributed by atoms with van der Waals surface area (Å²) in [6.45, 7) is 3.18. The summed E-state index contributed by atoms with van der Waals surface area (Å²) >= 11 is 6.16. The molecular formula is C17H17ClN2O2. The number of benzene rings is 2. The third kappa shape index (κ3) is 2.88. The number of carbonyl (C=O) groups excluding carboxylic acids is 1. The Balaban J connectivity index is 1.79. The highest BCUT2D eigenvalue weighted by Crippen LogP contribution is 2.33. The first-order valence-electron chi connectivity index (χ1n) is 7.13. The smallest absolute Gasteiger partial charge is 0.248 e. The molecule has 0 aromatic heterocycles. The fourth-order valence-corrected chi connectivity index (χ4v) is 2.99. The van der Waals surface area contributed by atoms with Gasteiger partial charge >= 0.3 is 0 Å². The number of halogens is 1. The van der Waals surface area contributed by atoms with Crippen LogP contribution in [0.3, 0.4) is 0 Å². The highest BCUT2D eigenvalue weighted by molar-refractivity contribution is 6.30. The number of rotatable bonds is 4. The fraction of sp³-hybridized carbons (Fsp3) is 0.235. The number of amides is 1. The second-order valence-corrected chi connectivity index (χ2v) is 5.84. The number of anilines is 1. The molecule has 2 aromatic carbocycles. The van der Waals surface area contributed by atoms with E-state index >= 15 is 0 Å². The minimum Gasteiger partial charge on any atom is -0.493 e. The van der Waals surface area contributed by atoms with E-state index < -0.39 is 5.91 Å². The maximum absolute atomic E-state index is 11.2. The summed E-state index contributed by atoms with van der Waals surface area (Å²) < 4.78 is 5.69. The maximum Gasteiger partial charge on any atom is 0.248 e. The van der Waals surface area contributed by atoms with Gasteiger partial charge in [0.2, 0.25) is 5.91 Å². The summed E-state index contributed by atoms with van der Waals surface area (Å²) in [7, 11) is 0. The number of primary amides is 1. The average molecular weight is 317 g/mol. The SMILES string of the molecule is Cc1cc(NCc2cc(Cl)cc3c2OCC3)ccc1C(N)=O. The predicted octanol–water partition coefficient (Wildman–Crippen LogP) is 3.29. The minimum atomic E-state index is -0.412. The molecule has 4 nitrogen and oxygen atoms in total. The van der Waals surface area contributed by atoms with Crippen molar-refractivity contribution < 1.29 is 9.53 Å². The number of nitrogens with one attached hydrogen (secondary N) is 1. The number of ether oxygens (including phenoxy) is 1. The molecular weight excluding hydrogens is 300 g/mol. The molecule has 5 heteroatoms. The molecule has 1 aliphatic rings. The molecule has 1 heterocycles. The molecule has 0 fully saturated rings. The van der Waals surface area contributed by atoms with Crippen LogP contribution in [0.25, 0.3) is 0 Å². The van der Waals surface area contributed by atoms with Crippen LogP contribution >= 0.6 is 11.6 Å². The van der Waals surface area contributed by atoms with Crippen LogP contribution in [0, 0.1) is 6.92 Å². The molecule has 0 spiro atoms. The van der Waals surface area contributed by atoms with Gasteiger partial charge in [-0.3, -0.25) is 4.79 Å². The van der Waals surface area contributed by atoms with Crippen molar-refractivity contribution in [3.63, 3.8) is 0 Å². The summed E-state index contributed by atoms with van der Waals surface area (Å²) in [6, 6.07) is 9.37. The molecule has 0 unspecified atom stereocenters. The number of aryl methyl sites for hydroxylation is 1. The van der Waals surface area contributed by atoms with E-state index in [1.807, 2.05) is 31.2 Å². The highest BCUT2D eigenvalue weighted by Gasteiger charge is 2.17. The number of nitrogens with two attached hydrogens (primary N) is 1. The molecule has 22 heavy (non-hydrogen) atoms. The van der Waals surface area contributed by atoms with Crippen LogP contribution in [0.4, 0.5) is 5.69 Å². The lowest BCUT2D eigenvalue weighted by atomic mass is 10.1. The molecule has 3 rings (SSSR count). The molecule has 3 N–H and O–H groups in total. The molecule has 114 valence electrons. The first kappa shape index (κ1) is 14.7. The van der Waals surface area contributed by atoms with Crippen LogP contribution in [-0.4, -0.2) is 12.5 Å².